The number of primary amides is 1. The summed E-state index contributed by atoms with van der Waals surface area (Å²) in [6.45, 7) is 2.00. The summed E-state index contributed by atoms with van der Waals surface area (Å²) in [5, 5.41) is 6.54. The van der Waals surface area contributed by atoms with E-state index < -0.39 is 5.91 Å². The normalized spacial score (nSPS) is 20.1. The Bertz CT molecular complexity index is 343. The topological polar surface area (TPSA) is 80.0 Å². The first-order valence-electron chi connectivity index (χ1n) is 4.99. The molecule has 5 nitrogen and oxygen atoms in total. The van der Waals surface area contributed by atoms with Crippen molar-refractivity contribution in [2.45, 2.75) is 12.5 Å². The number of nitrogens with one attached hydrogen (secondary N) is 2. The van der Waals surface area contributed by atoms with Crippen molar-refractivity contribution in [3.05, 3.63) is 23.9 Å². The molecule has 1 fully saturated rings. The third-order valence-corrected chi connectivity index (χ3v) is 2.46. The molecule has 0 aliphatic carbocycles. The molecule has 5 heteroatoms. The summed E-state index contributed by atoms with van der Waals surface area (Å²) in [6, 6.07) is 3.88. The van der Waals surface area contributed by atoms with Crippen LogP contribution in [0.4, 0.5) is 5.82 Å². The number of hydrogen-bond acceptors (Lipinski definition) is 4. The van der Waals surface area contributed by atoms with E-state index in [1.54, 1.807) is 12.1 Å². The van der Waals surface area contributed by atoms with E-state index in [2.05, 4.69) is 15.6 Å². The second-order valence-electron chi connectivity index (χ2n) is 3.63. The average molecular weight is 206 g/mol. The lowest BCUT2D eigenvalue weighted by atomic mass is 10.2. The minimum Gasteiger partial charge on any atom is -0.366 e. The highest BCUT2D eigenvalue weighted by Gasteiger charge is 2.14. The van der Waals surface area contributed by atoms with E-state index in [-0.39, 0.29) is 0 Å². The van der Waals surface area contributed by atoms with Gasteiger partial charge in [-0.05, 0) is 25.1 Å². The molecule has 0 radical (unpaired) electrons. The molecular weight excluding hydrogens is 192 g/mol. The smallest absolute Gasteiger partial charge is 0.250 e. The van der Waals surface area contributed by atoms with Crippen LogP contribution < -0.4 is 16.4 Å². The van der Waals surface area contributed by atoms with Gasteiger partial charge in [-0.25, -0.2) is 4.98 Å². The quantitative estimate of drug-likeness (QED) is 0.648. The van der Waals surface area contributed by atoms with Crippen LogP contribution in [0.1, 0.15) is 16.8 Å². The molecule has 2 rings (SSSR count). The molecule has 1 amide bonds. The van der Waals surface area contributed by atoms with Crippen molar-refractivity contribution < 1.29 is 4.79 Å². The van der Waals surface area contributed by atoms with Crippen molar-refractivity contribution in [3.8, 4) is 0 Å². The van der Waals surface area contributed by atoms with Gasteiger partial charge in [0.25, 0.3) is 0 Å². The fourth-order valence-corrected chi connectivity index (χ4v) is 1.61. The molecule has 1 aromatic heterocycles. The second kappa shape index (κ2) is 4.27. The monoisotopic (exact) mass is 206 g/mol. The summed E-state index contributed by atoms with van der Waals surface area (Å²) in [5.74, 6) is 0.338. The van der Waals surface area contributed by atoms with Gasteiger partial charge in [0.05, 0.1) is 5.56 Å². The van der Waals surface area contributed by atoms with Crippen LogP contribution in [0.2, 0.25) is 0 Å². The second-order valence-corrected chi connectivity index (χ2v) is 3.63. The Balaban J connectivity index is 2.00. The first-order chi connectivity index (χ1) is 7.25. The molecule has 1 saturated heterocycles. The molecule has 1 aliphatic heterocycles. The fraction of sp³-hybridized carbons (Fsp3) is 0.400. The lowest BCUT2D eigenvalue weighted by molar-refractivity contribution is 0.1000. The standard InChI is InChI=1S/C10H14N4O/c11-10(15)7-1-2-9(13-5-7)14-8-3-4-12-6-8/h1-2,5,8,12H,3-4,6H2,(H2,11,15)(H,13,14). The fourth-order valence-electron chi connectivity index (χ4n) is 1.61. The van der Waals surface area contributed by atoms with Gasteiger partial charge in [0.2, 0.25) is 5.91 Å². The number of hydrogen-bond donors (Lipinski definition) is 3. The van der Waals surface area contributed by atoms with Crippen molar-refractivity contribution >= 4 is 11.7 Å². The van der Waals surface area contributed by atoms with E-state index >= 15 is 0 Å². The number of nitrogens with zero attached hydrogens (tertiary/aromatic N) is 1. The minimum atomic E-state index is -0.448. The summed E-state index contributed by atoms with van der Waals surface area (Å²) >= 11 is 0. The number of carbonyl (C=O) groups is 1. The molecule has 80 valence electrons. The molecule has 15 heavy (non-hydrogen) atoms. The van der Waals surface area contributed by atoms with Crippen molar-refractivity contribution in [1.82, 2.24) is 10.3 Å². The average Bonchev–Trinajstić information content (AvgIpc) is 2.71. The Morgan fingerprint density at radius 3 is 3.00 bits per heavy atom. The maximum absolute atomic E-state index is 10.8. The van der Waals surface area contributed by atoms with E-state index in [4.69, 9.17) is 5.73 Å². The summed E-state index contributed by atoms with van der Waals surface area (Å²) in [7, 11) is 0. The predicted octanol–water partition coefficient (Wildman–Crippen LogP) is -0.0457. The summed E-state index contributed by atoms with van der Waals surface area (Å²) in [6.07, 6.45) is 2.59. The Morgan fingerprint density at radius 1 is 1.60 bits per heavy atom. The number of amides is 1. The predicted molar refractivity (Wildman–Crippen MR) is 57.7 cm³/mol. The molecular formula is C10H14N4O. The van der Waals surface area contributed by atoms with E-state index in [1.165, 1.54) is 6.20 Å². The van der Waals surface area contributed by atoms with Crippen molar-refractivity contribution in [3.63, 3.8) is 0 Å². The zero-order valence-electron chi connectivity index (χ0n) is 8.36. The molecule has 2 heterocycles. The zero-order chi connectivity index (χ0) is 10.7. The molecule has 4 N–H and O–H groups in total. The van der Waals surface area contributed by atoms with Crippen LogP contribution in [0.25, 0.3) is 0 Å². The van der Waals surface area contributed by atoms with Gasteiger partial charge < -0.3 is 16.4 Å². The number of pyridine rings is 1. The van der Waals surface area contributed by atoms with E-state index in [0.717, 1.165) is 25.3 Å². The maximum Gasteiger partial charge on any atom is 0.250 e. The van der Waals surface area contributed by atoms with E-state index in [9.17, 15) is 4.79 Å². The van der Waals surface area contributed by atoms with Gasteiger partial charge in [-0.1, -0.05) is 0 Å². The molecule has 0 spiro atoms. The van der Waals surface area contributed by atoms with E-state index in [1.807, 2.05) is 0 Å². The van der Waals surface area contributed by atoms with Gasteiger partial charge >= 0.3 is 0 Å². The highest BCUT2D eigenvalue weighted by molar-refractivity contribution is 5.92. The Morgan fingerprint density at radius 2 is 2.47 bits per heavy atom. The Kier molecular flexibility index (Phi) is 2.82. The van der Waals surface area contributed by atoms with Crippen molar-refractivity contribution in [2.75, 3.05) is 18.4 Å². The van der Waals surface area contributed by atoms with Gasteiger partial charge in [-0.15, -0.1) is 0 Å². The third-order valence-electron chi connectivity index (χ3n) is 2.46. The van der Waals surface area contributed by atoms with Crippen LogP contribution in [0.5, 0.6) is 0 Å². The maximum atomic E-state index is 10.8. The molecule has 1 aromatic rings. The van der Waals surface area contributed by atoms with Crippen LogP contribution in [0, 0.1) is 0 Å². The number of carbonyl (C=O) groups excluding carboxylic acids is 1. The van der Waals surface area contributed by atoms with Crippen LogP contribution in [-0.2, 0) is 0 Å². The highest BCUT2D eigenvalue weighted by Crippen LogP contribution is 2.09. The number of aromatic nitrogens is 1. The molecule has 1 atom stereocenters. The van der Waals surface area contributed by atoms with Gasteiger partial charge in [0.15, 0.2) is 0 Å². The summed E-state index contributed by atoms with van der Waals surface area (Å²) < 4.78 is 0. The van der Waals surface area contributed by atoms with Gasteiger partial charge in [-0.3, -0.25) is 4.79 Å². The first kappa shape index (κ1) is 9.92. The van der Waals surface area contributed by atoms with E-state index in [0.29, 0.717) is 11.6 Å². The number of rotatable bonds is 3. The van der Waals surface area contributed by atoms with Crippen LogP contribution in [-0.4, -0.2) is 30.0 Å². The molecule has 0 bridgehead atoms. The van der Waals surface area contributed by atoms with Crippen LogP contribution in [0.3, 0.4) is 0 Å². The molecule has 1 unspecified atom stereocenters. The van der Waals surface area contributed by atoms with Crippen LogP contribution >= 0.6 is 0 Å². The molecule has 0 saturated carbocycles. The lowest BCUT2D eigenvalue weighted by Crippen LogP contribution is -2.22. The number of nitrogens with two attached hydrogens (primary N) is 1. The Labute approximate surface area is 88.1 Å². The highest BCUT2D eigenvalue weighted by atomic mass is 16.1. The SMILES string of the molecule is NC(=O)c1ccc(NC2CCNC2)nc1. The summed E-state index contributed by atoms with van der Waals surface area (Å²) in [5.41, 5.74) is 5.55. The molecule has 1 aliphatic rings. The largest absolute Gasteiger partial charge is 0.366 e. The van der Waals surface area contributed by atoms with Gasteiger partial charge in [-0.2, -0.15) is 0 Å². The Hall–Kier alpha value is -1.62. The minimum absolute atomic E-state index is 0.428. The summed E-state index contributed by atoms with van der Waals surface area (Å²) in [4.78, 5) is 14.9. The third kappa shape index (κ3) is 2.44. The zero-order valence-corrected chi connectivity index (χ0v) is 8.36. The van der Waals surface area contributed by atoms with Gasteiger partial charge in [0.1, 0.15) is 5.82 Å². The van der Waals surface area contributed by atoms with Crippen molar-refractivity contribution in [2.24, 2.45) is 5.73 Å². The molecule has 0 aromatic carbocycles. The number of anilines is 1. The van der Waals surface area contributed by atoms with Gasteiger partial charge in [0, 0.05) is 18.8 Å². The lowest BCUT2D eigenvalue weighted by Gasteiger charge is -2.11. The first-order valence-corrected chi connectivity index (χ1v) is 4.99. The van der Waals surface area contributed by atoms with Crippen molar-refractivity contribution in [1.29, 1.82) is 0 Å². The van der Waals surface area contributed by atoms with Crippen LogP contribution in [0.15, 0.2) is 18.3 Å².